The van der Waals surface area contributed by atoms with Gasteiger partial charge in [-0.1, -0.05) is 0 Å². The molecule has 94 valence electrons. The van der Waals surface area contributed by atoms with Crippen LogP contribution in [0, 0.1) is 6.92 Å². The van der Waals surface area contributed by atoms with Crippen molar-refractivity contribution in [2.75, 3.05) is 14.2 Å². The summed E-state index contributed by atoms with van der Waals surface area (Å²) in [5, 5.41) is 6.43. The highest BCUT2D eigenvalue weighted by Crippen LogP contribution is 2.31. The van der Waals surface area contributed by atoms with Gasteiger partial charge in [0.15, 0.2) is 11.5 Å². The van der Waals surface area contributed by atoms with Crippen LogP contribution in [-0.2, 0) is 0 Å². The minimum absolute atomic E-state index is 0.119. The zero-order valence-electron chi connectivity index (χ0n) is 10.5. The van der Waals surface area contributed by atoms with Crippen LogP contribution in [0.1, 0.15) is 21.6 Å². The number of hydrogen-bond acceptors (Lipinski definition) is 4. The molecule has 0 aliphatic heterocycles. The molecule has 0 unspecified atom stereocenters. The zero-order chi connectivity index (χ0) is 13.1. The maximum atomic E-state index is 12.2. The van der Waals surface area contributed by atoms with Crippen molar-refractivity contribution in [2.45, 2.75) is 6.92 Å². The van der Waals surface area contributed by atoms with E-state index in [0.717, 1.165) is 5.56 Å². The van der Waals surface area contributed by atoms with E-state index in [1.807, 2.05) is 6.92 Å². The molecule has 0 saturated carbocycles. The molecule has 0 bridgehead atoms. The van der Waals surface area contributed by atoms with E-state index >= 15 is 0 Å². The number of methoxy groups -OCH3 is 2. The van der Waals surface area contributed by atoms with Gasteiger partial charge in [0.2, 0.25) is 5.78 Å². The molecule has 1 heterocycles. The number of aromatic amines is 1. The highest BCUT2D eigenvalue weighted by molar-refractivity contribution is 6.09. The Morgan fingerprint density at radius 2 is 1.89 bits per heavy atom. The molecule has 0 aliphatic carbocycles. The van der Waals surface area contributed by atoms with Crippen LogP contribution in [-0.4, -0.2) is 30.2 Å². The van der Waals surface area contributed by atoms with E-state index < -0.39 is 0 Å². The lowest BCUT2D eigenvalue weighted by molar-refractivity contribution is 0.103. The van der Waals surface area contributed by atoms with Crippen molar-refractivity contribution >= 4 is 5.78 Å². The first-order valence-electron chi connectivity index (χ1n) is 5.44. The van der Waals surface area contributed by atoms with Crippen molar-refractivity contribution in [1.82, 2.24) is 10.2 Å². The van der Waals surface area contributed by atoms with Gasteiger partial charge in [0.1, 0.15) is 5.69 Å². The monoisotopic (exact) mass is 246 g/mol. The number of ether oxygens (including phenoxy) is 2. The van der Waals surface area contributed by atoms with Gasteiger partial charge in [-0.25, -0.2) is 0 Å². The fourth-order valence-corrected chi connectivity index (χ4v) is 1.75. The van der Waals surface area contributed by atoms with Crippen molar-refractivity contribution < 1.29 is 14.3 Å². The summed E-state index contributed by atoms with van der Waals surface area (Å²) in [4.78, 5) is 12.2. The second-order valence-corrected chi connectivity index (χ2v) is 3.82. The van der Waals surface area contributed by atoms with Gasteiger partial charge in [-0.15, -0.1) is 0 Å². The molecule has 0 spiro atoms. The van der Waals surface area contributed by atoms with Crippen molar-refractivity contribution in [3.05, 3.63) is 41.2 Å². The molecule has 0 radical (unpaired) electrons. The third kappa shape index (κ3) is 2.07. The third-order valence-corrected chi connectivity index (χ3v) is 2.72. The Hall–Kier alpha value is -2.30. The molecule has 0 atom stereocenters. The van der Waals surface area contributed by atoms with E-state index in [4.69, 9.17) is 9.47 Å². The number of hydrogen-bond donors (Lipinski definition) is 1. The molecular weight excluding hydrogens is 232 g/mol. The molecule has 0 aliphatic rings. The van der Waals surface area contributed by atoms with E-state index in [9.17, 15) is 4.79 Å². The van der Waals surface area contributed by atoms with Crippen LogP contribution in [0.2, 0.25) is 0 Å². The lowest BCUT2D eigenvalue weighted by Gasteiger charge is -2.11. The van der Waals surface area contributed by atoms with Crippen molar-refractivity contribution in [2.24, 2.45) is 0 Å². The molecule has 18 heavy (non-hydrogen) atoms. The summed E-state index contributed by atoms with van der Waals surface area (Å²) < 4.78 is 10.4. The summed E-state index contributed by atoms with van der Waals surface area (Å²) >= 11 is 0. The minimum atomic E-state index is -0.119. The smallest absolute Gasteiger partial charge is 0.211 e. The van der Waals surface area contributed by atoms with Gasteiger partial charge >= 0.3 is 0 Å². The maximum Gasteiger partial charge on any atom is 0.211 e. The number of carbonyl (C=O) groups is 1. The van der Waals surface area contributed by atoms with Crippen LogP contribution in [0.3, 0.4) is 0 Å². The van der Waals surface area contributed by atoms with E-state index in [2.05, 4.69) is 10.2 Å². The highest BCUT2D eigenvalue weighted by atomic mass is 16.5. The predicted octanol–water partition coefficient (Wildman–Crippen LogP) is 1.97. The van der Waals surface area contributed by atoms with Crippen LogP contribution in [0.5, 0.6) is 11.5 Å². The molecule has 1 aromatic heterocycles. The molecular formula is C13H14N2O3. The number of aryl methyl sites for hydroxylation is 1. The molecule has 0 amide bonds. The fraction of sp³-hybridized carbons (Fsp3) is 0.231. The van der Waals surface area contributed by atoms with E-state index in [1.165, 1.54) is 7.11 Å². The van der Waals surface area contributed by atoms with Gasteiger partial charge in [-0.3, -0.25) is 9.89 Å². The lowest BCUT2D eigenvalue weighted by atomic mass is 10.0. The number of aromatic nitrogens is 2. The van der Waals surface area contributed by atoms with Gasteiger partial charge in [0.05, 0.1) is 14.2 Å². The van der Waals surface area contributed by atoms with Gasteiger partial charge in [0.25, 0.3) is 0 Å². The minimum Gasteiger partial charge on any atom is -0.493 e. The summed E-state index contributed by atoms with van der Waals surface area (Å²) in [5.74, 6) is 1.02. The normalized spacial score (nSPS) is 10.2. The molecule has 5 nitrogen and oxygen atoms in total. The SMILES string of the molecule is COc1cc(C)c(C(=O)c2ccn[nH]2)cc1OC. The molecule has 0 fully saturated rings. The van der Waals surface area contributed by atoms with Gasteiger partial charge in [-0.05, 0) is 30.7 Å². The standard InChI is InChI=1S/C13H14N2O3/c1-8-6-11(17-2)12(18-3)7-9(8)13(16)10-4-5-14-15-10/h4-7H,1-3H3,(H,14,15). The van der Waals surface area contributed by atoms with Gasteiger partial charge in [-0.2, -0.15) is 5.10 Å². The van der Waals surface area contributed by atoms with Crippen molar-refractivity contribution in [1.29, 1.82) is 0 Å². The van der Waals surface area contributed by atoms with E-state index in [0.29, 0.717) is 22.8 Å². The Balaban J connectivity index is 2.48. The third-order valence-electron chi connectivity index (χ3n) is 2.72. The van der Waals surface area contributed by atoms with Gasteiger partial charge < -0.3 is 9.47 Å². The number of ketones is 1. The Bertz CT molecular complexity index is 562. The van der Waals surface area contributed by atoms with Crippen molar-refractivity contribution in [3.63, 3.8) is 0 Å². The van der Waals surface area contributed by atoms with Gasteiger partial charge in [0, 0.05) is 11.8 Å². The Kier molecular flexibility index (Phi) is 3.32. The summed E-state index contributed by atoms with van der Waals surface area (Å²) in [6.07, 6.45) is 1.54. The van der Waals surface area contributed by atoms with E-state index in [-0.39, 0.29) is 5.78 Å². The fourth-order valence-electron chi connectivity index (χ4n) is 1.75. The number of rotatable bonds is 4. The summed E-state index contributed by atoms with van der Waals surface area (Å²) in [7, 11) is 3.10. The highest BCUT2D eigenvalue weighted by Gasteiger charge is 2.16. The first kappa shape index (κ1) is 12.2. The molecule has 1 N–H and O–H groups in total. The second-order valence-electron chi connectivity index (χ2n) is 3.82. The number of carbonyl (C=O) groups excluding carboxylic acids is 1. The van der Waals surface area contributed by atoms with Crippen LogP contribution in [0.25, 0.3) is 0 Å². The Morgan fingerprint density at radius 3 is 2.44 bits per heavy atom. The number of nitrogens with one attached hydrogen (secondary N) is 1. The average Bonchev–Trinajstić information content (AvgIpc) is 2.91. The molecule has 2 rings (SSSR count). The number of nitrogens with zero attached hydrogens (tertiary/aromatic N) is 1. The second kappa shape index (κ2) is 4.91. The molecule has 0 saturated heterocycles. The van der Waals surface area contributed by atoms with E-state index in [1.54, 1.807) is 31.5 Å². The first-order valence-corrected chi connectivity index (χ1v) is 5.44. The number of benzene rings is 1. The molecule has 5 heteroatoms. The topological polar surface area (TPSA) is 64.2 Å². The van der Waals surface area contributed by atoms with Crippen LogP contribution in [0.4, 0.5) is 0 Å². The maximum absolute atomic E-state index is 12.2. The van der Waals surface area contributed by atoms with Crippen molar-refractivity contribution in [3.8, 4) is 11.5 Å². The summed E-state index contributed by atoms with van der Waals surface area (Å²) in [6, 6.07) is 5.10. The number of H-pyrrole nitrogens is 1. The average molecular weight is 246 g/mol. The Morgan fingerprint density at radius 1 is 1.22 bits per heavy atom. The largest absolute Gasteiger partial charge is 0.493 e. The van der Waals surface area contributed by atoms with Crippen LogP contribution >= 0.6 is 0 Å². The molecule has 2 aromatic rings. The Labute approximate surface area is 105 Å². The lowest BCUT2D eigenvalue weighted by Crippen LogP contribution is -2.05. The zero-order valence-corrected chi connectivity index (χ0v) is 10.5. The van der Waals surface area contributed by atoms with Crippen LogP contribution in [0.15, 0.2) is 24.4 Å². The quantitative estimate of drug-likeness (QED) is 0.838. The summed E-state index contributed by atoms with van der Waals surface area (Å²) in [6.45, 7) is 1.85. The first-order chi connectivity index (χ1) is 8.67. The predicted molar refractivity (Wildman–Crippen MR) is 66.3 cm³/mol. The molecule has 1 aromatic carbocycles. The summed E-state index contributed by atoms with van der Waals surface area (Å²) in [5.41, 5.74) is 1.84. The van der Waals surface area contributed by atoms with Crippen LogP contribution < -0.4 is 9.47 Å².